The number of hydrogen-bond donors (Lipinski definition) is 0. The van der Waals surface area contributed by atoms with Crippen LogP contribution in [-0.2, 0) is 13.1 Å². The van der Waals surface area contributed by atoms with Crippen LogP contribution in [0.1, 0.15) is 31.2 Å². The summed E-state index contributed by atoms with van der Waals surface area (Å²) in [4.78, 5) is 6.93. The van der Waals surface area contributed by atoms with Crippen LogP contribution in [0.5, 0.6) is 11.6 Å². The number of rotatable bonds is 6. The Bertz CT molecular complexity index is 962. The Balaban J connectivity index is 1.42. The van der Waals surface area contributed by atoms with Crippen LogP contribution in [0.25, 0.3) is 11.0 Å². The Kier molecular flexibility index (Phi) is 4.57. The van der Waals surface area contributed by atoms with E-state index in [1.165, 1.54) is 25.7 Å². The van der Waals surface area contributed by atoms with Crippen molar-refractivity contribution in [3.05, 3.63) is 40.5 Å². The molecule has 2 fully saturated rings. The summed E-state index contributed by atoms with van der Waals surface area (Å²) in [5.41, 5.74) is 2.99. The van der Waals surface area contributed by atoms with E-state index in [1.54, 1.807) is 6.20 Å². The number of benzene rings is 1. The lowest BCUT2D eigenvalue weighted by Gasteiger charge is -2.17. The van der Waals surface area contributed by atoms with Crippen molar-refractivity contribution in [3.63, 3.8) is 0 Å². The van der Waals surface area contributed by atoms with Gasteiger partial charge in [-0.05, 0) is 78.8 Å². The van der Waals surface area contributed by atoms with Crippen molar-refractivity contribution in [1.82, 2.24) is 24.9 Å². The fourth-order valence-electron chi connectivity index (χ4n) is 3.67. The van der Waals surface area contributed by atoms with Gasteiger partial charge in [-0.1, -0.05) is 11.3 Å². The highest BCUT2D eigenvalue weighted by Crippen LogP contribution is 2.37. The number of likely N-dealkylation sites (tertiary alicyclic amines) is 1. The molecule has 1 aromatic carbocycles. The van der Waals surface area contributed by atoms with Gasteiger partial charge in [-0.2, -0.15) is 0 Å². The molecule has 2 aromatic heterocycles. The molecule has 0 amide bonds. The topological polar surface area (TPSA) is 56.1 Å². The minimum absolute atomic E-state index is 0.662. The van der Waals surface area contributed by atoms with E-state index in [-0.39, 0.29) is 0 Å². The molecule has 0 unspecified atom stereocenters. The molecule has 2 aliphatic rings. The van der Waals surface area contributed by atoms with Crippen LogP contribution in [-0.4, -0.2) is 38.0 Å². The first-order valence-corrected chi connectivity index (χ1v) is 10.4. The third-order valence-corrected chi connectivity index (χ3v) is 6.13. The van der Waals surface area contributed by atoms with Crippen LogP contribution >= 0.6 is 15.9 Å². The maximum Gasteiger partial charge on any atom is 0.223 e. The van der Waals surface area contributed by atoms with E-state index in [9.17, 15) is 0 Å². The van der Waals surface area contributed by atoms with Gasteiger partial charge in [0.15, 0.2) is 0 Å². The highest BCUT2D eigenvalue weighted by Gasteiger charge is 2.24. The first-order valence-electron chi connectivity index (χ1n) is 9.64. The summed E-state index contributed by atoms with van der Waals surface area (Å²) in [5.74, 6) is 2.14. The predicted octanol–water partition coefficient (Wildman–Crippen LogP) is 4.39. The zero-order valence-corrected chi connectivity index (χ0v) is 16.7. The summed E-state index contributed by atoms with van der Waals surface area (Å²) in [6, 6.07) is 8.09. The fourth-order valence-corrected chi connectivity index (χ4v) is 4.16. The molecule has 0 radical (unpaired) electrons. The maximum atomic E-state index is 6.20. The zero-order valence-electron chi connectivity index (χ0n) is 15.1. The van der Waals surface area contributed by atoms with Crippen LogP contribution in [0, 0.1) is 5.92 Å². The van der Waals surface area contributed by atoms with Crippen LogP contribution in [0.4, 0.5) is 0 Å². The lowest BCUT2D eigenvalue weighted by Crippen LogP contribution is -2.18. The van der Waals surface area contributed by atoms with Crippen LogP contribution < -0.4 is 4.74 Å². The molecule has 7 heteroatoms. The molecule has 3 aromatic rings. The van der Waals surface area contributed by atoms with Crippen molar-refractivity contribution in [1.29, 1.82) is 0 Å². The molecule has 0 atom stereocenters. The Hall–Kier alpha value is -1.99. The molecule has 3 heterocycles. The zero-order chi connectivity index (χ0) is 18.2. The van der Waals surface area contributed by atoms with Gasteiger partial charge in [0.1, 0.15) is 11.3 Å². The predicted molar refractivity (Wildman–Crippen MR) is 107 cm³/mol. The number of halogens is 1. The van der Waals surface area contributed by atoms with Gasteiger partial charge < -0.3 is 4.74 Å². The molecule has 1 saturated carbocycles. The van der Waals surface area contributed by atoms with Crippen molar-refractivity contribution in [2.45, 2.75) is 38.8 Å². The second-order valence-corrected chi connectivity index (χ2v) is 8.31. The van der Waals surface area contributed by atoms with Crippen molar-refractivity contribution < 1.29 is 4.74 Å². The Morgan fingerprint density at radius 2 is 2.00 bits per heavy atom. The molecular formula is C20H22BrN5O. The second-order valence-electron chi connectivity index (χ2n) is 7.51. The quantitative estimate of drug-likeness (QED) is 0.583. The molecule has 5 rings (SSSR count). The third-order valence-electron chi connectivity index (χ3n) is 5.37. The smallest absolute Gasteiger partial charge is 0.223 e. The van der Waals surface area contributed by atoms with E-state index in [1.807, 2.05) is 22.9 Å². The lowest BCUT2D eigenvalue weighted by atomic mass is 10.2. The van der Waals surface area contributed by atoms with Crippen molar-refractivity contribution in [2.75, 3.05) is 13.1 Å². The number of aromatic nitrogens is 4. The van der Waals surface area contributed by atoms with Crippen molar-refractivity contribution in [3.8, 4) is 11.6 Å². The largest absolute Gasteiger partial charge is 0.437 e. The number of pyridine rings is 1. The number of fused-ring (bicyclic) bond motifs is 1. The van der Waals surface area contributed by atoms with Crippen molar-refractivity contribution in [2.24, 2.45) is 5.92 Å². The fraction of sp³-hybridized carbons (Fsp3) is 0.450. The van der Waals surface area contributed by atoms with Gasteiger partial charge in [-0.25, -0.2) is 9.67 Å². The molecule has 1 aliphatic carbocycles. The van der Waals surface area contributed by atoms with Crippen LogP contribution in [0.2, 0.25) is 0 Å². The molecular weight excluding hydrogens is 406 g/mol. The Morgan fingerprint density at radius 1 is 1.15 bits per heavy atom. The minimum atomic E-state index is 0.662. The first-order chi connectivity index (χ1) is 13.3. The van der Waals surface area contributed by atoms with E-state index >= 15 is 0 Å². The summed E-state index contributed by atoms with van der Waals surface area (Å²) < 4.78 is 9.03. The molecule has 0 N–H and O–H groups in total. The van der Waals surface area contributed by atoms with E-state index in [0.29, 0.717) is 5.88 Å². The van der Waals surface area contributed by atoms with Gasteiger partial charge in [-0.3, -0.25) is 4.90 Å². The van der Waals surface area contributed by atoms with Gasteiger partial charge in [0, 0.05) is 24.8 Å². The first kappa shape index (κ1) is 17.1. The number of ether oxygens (including phenoxy) is 1. The van der Waals surface area contributed by atoms with Gasteiger partial charge in [0.2, 0.25) is 5.88 Å². The van der Waals surface area contributed by atoms with Crippen LogP contribution in [0.15, 0.2) is 34.9 Å². The average Bonchev–Trinajstić information content (AvgIpc) is 3.17. The average molecular weight is 428 g/mol. The molecule has 1 aliphatic heterocycles. The molecule has 0 bridgehead atoms. The highest BCUT2D eigenvalue weighted by atomic mass is 79.9. The van der Waals surface area contributed by atoms with Gasteiger partial charge in [0.05, 0.1) is 9.99 Å². The number of hydrogen-bond acceptors (Lipinski definition) is 5. The van der Waals surface area contributed by atoms with Crippen molar-refractivity contribution >= 4 is 27.0 Å². The van der Waals surface area contributed by atoms with Gasteiger partial charge in [-0.15, -0.1) is 5.10 Å². The van der Waals surface area contributed by atoms with Gasteiger partial charge >= 0.3 is 0 Å². The number of nitrogens with zero attached hydrogens (tertiary/aromatic N) is 5. The standard InChI is InChI=1S/C20H22BrN5O/c21-18-17(8-7-16-19(18)23-24-26(16)12-14-5-6-14)27-20-15(4-3-9-22-20)13-25-10-1-2-11-25/h3-4,7-9,14H,1-2,5-6,10-13H2. The molecule has 140 valence electrons. The Morgan fingerprint density at radius 3 is 2.81 bits per heavy atom. The summed E-state index contributed by atoms with van der Waals surface area (Å²) in [6.07, 6.45) is 6.91. The summed E-state index contributed by atoms with van der Waals surface area (Å²) in [7, 11) is 0. The summed E-state index contributed by atoms with van der Waals surface area (Å²) in [5, 5.41) is 8.69. The summed E-state index contributed by atoms with van der Waals surface area (Å²) in [6.45, 7) is 4.12. The Labute approximate surface area is 166 Å². The van der Waals surface area contributed by atoms with Crippen LogP contribution in [0.3, 0.4) is 0 Å². The van der Waals surface area contributed by atoms with E-state index in [0.717, 1.165) is 58.9 Å². The monoisotopic (exact) mass is 427 g/mol. The molecule has 6 nitrogen and oxygen atoms in total. The minimum Gasteiger partial charge on any atom is -0.437 e. The van der Waals surface area contributed by atoms with E-state index in [4.69, 9.17) is 4.74 Å². The van der Waals surface area contributed by atoms with E-state index in [2.05, 4.69) is 42.2 Å². The maximum absolute atomic E-state index is 6.20. The lowest BCUT2D eigenvalue weighted by molar-refractivity contribution is 0.323. The SMILES string of the molecule is Brc1c(Oc2ncccc2CN2CCCC2)ccc2c1nnn2CC1CC1. The molecule has 27 heavy (non-hydrogen) atoms. The van der Waals surface area contributed by atoms with E-state index < -0.39 is 0 Å². The third kappa shape index (κ3) is 3.58. The summed E-state index contributed by atoms with van der Waals surface area (Å²) >= 11 is 3.67. The molecule has 0 spiro atoms. The normalized spacial score (nSPS) is 17.7. The molecule has 1 saturated heterocycles. The van der Waals surface area contributed by atoms with Gasteiger partial charge in [0.25, 0.3) is 0 Å². The highest BCUT2D eigenvalue weighted by molar-refractivity contribution is 9.10. The second kappa shape index (κ2) is 7.20.